The summed E-state index contributed by atoms with van der Waals surface area (Å²) < 4.78 is 5.67. The Morgan fingerprint density at radius 1 is 1.58 bits per heavy atom. The lowest BCUT2D eigenvalue weighted by atomic mass is 9.98. The van der Waals surface area contributed by atoms with E-state index in [0.717, 1.165) is 12.2 Å². The van der Waals surface area contributed by atoms with Gasteiger partial charge in [-0.05, 0) is 25.3 Å². The highest BCUT2D eigenvalue weighted by molar-refractivity contribution is 7.10. The van der Waals surface area contributed by atoms with Crippen LogP contribution in [-0.2, 0) is 11.2 Å². The van der Waals surface area contributed by atoms with Gasteiger partial charge in [0.2, 0.25) is 0 Å². The molecular weight excluding hydrogens is 168 g/mol. The molecule has 0 bridgehead atoms. The second kappa shape index (κ2) is 2.36. The maximum Gasteiger partial charge on any atom is 0.121 e. The monoisotopic (exact) mass is 180 g/mol. The molecule has 0 saturated heterocycles. The third-order valence-electron chi connectivity index (χ3n) is 2.03. The van der Waals surface area contributed by atoms with Crippen molar-refractivity contribution < 1.29 is 4.74 Å². The topological polar surface area (TPSA) is 9.23 Å². The lowest BCUT2D eigenvalue weighted by Gasteiger charge is -2.32. The van der Waals surface area contributed by atoms with Crippen molar-refractivity contribution in [2.45, 2.75) is 25.9 Å². The predicted octanol–water partition coefficient (Wildman–Crippen LogP) is 3.07. The van der Waals surface area contributed by atoms with Gasteiger partial charge in [-0.1, -0.05) is 6.58 Å². The first-order valence-electron chi connectivity index (χ1n) is 4.03. The fourth-order valence-electron chi connectivity index (χ4n) is 1.54. The van der Waals surface area contributed by atoms with E-state index in [1.165, 1.54) is 10.4 Å². The van der Waals surface area contributed by atoms with Gasteiger partial charge in [-0.25, -0.2) is 0 Å². The minimum absolute atomic E-state index is 0.0745. The van der Waals surface area contributed by atoms with E-state index in [0.29, 0.717) is 0 Å². The standard InChI is InChI=1S/C10H12OS/c1-7-8-4-5-12-9(8)6-10(2,3)11-7/h4-5H,1,6H2,2-3H3. The molecule has 1 aromatic heterocycles. The molecule has 1 aliphatic heterocycles. The second-order valence-corrected chi connectivity index (χ2v) is 4.72. The van der Waals surface area contributed by atoms with Gasteiger partial charge in [-0.3, -0.25) is 0 Å². The molecule has 0 N–H and O–H groups in total. The van der Waals surface area contributed by atoms with Crippen LogP contribution in [0.15, 0.2) is 18.0 Å². The molecule has 0 atom stereocenters. The van der Waals surface area contributed by atoms with Crippen LogP contribution in [0.2, 0.25) is 0 Å². The lowest BCUT2D eigenvalue weighted by Crippen LogP contribution is -2.29. The van der Waals surface area contributed by atoms with Gasteiger partial charge >= 0.3 is 0 Å². The summed E-state index contributed by atoms with van der Waals surface area (Å²) in [6, 6.07) is 2.08. The van der Waals surface area contributed by atoms with E-state index in [9.17, 15) is 0 Å². The molecule has 2 heterocycles. The Hall–Kier alpha value is -0.760. The molecule has 2 heteroatoms. The number of rotatable bonds is 0. The number of fused-ring (bicyclic) bond motifs is 1. The number of ether oxygens (including phenoxy) is 1. The van der Waals surface area contributed by atoms with Gasteiger partial charge in [-0.15, -0.1) is 11.3 Å². The second-order valence-electron chi connectivity index (χ2n) is 3.72. The molecule has 2 rings (SSSR count). The van der Waals surface area contributed by atoms with Gasteiger partial charge in [0, 0.05) is 16.9 Å². The Morgan fingerprint density at radius 2 is 2.33 bits per heavy atom. The van der Waals surface area contributed by atoms with E-state index < -0.39 is 0 Å². The van der Waals surface area contributed by atoms with Crippen LogP contribution < -0.4 is 0 Å². The highest BCUT2D eigenvalue weighted by Gasteiger charge is 2.29. The minimum Gasteiger partial charge on any atom is -0.487 e. The first-order chi connectivity index (χ1) is 5.58. The molecule has 64 valence electrons. The van der Waals surface area contributed by atoms with Gasteiger partial charge < -0.3 is 4.74 Å². The first kappa shape index (κ1) is 7.87. The summed E-state index contributed by atoms with van der Waals surface area (Å²) in [4.78, 5) is 1.40. The van der Waals surface area contributed by atoms with Crippen molar-refractivity contribution in [2.75, 3.05) is 0 Å². The smallest absolute Gasteiger partial charge is 0.121 e. The Kier molecular flexibility index (Phi) is 1.55. The molecule has 0 aliphatic carbocycles. The Morgan fingerprint density at radius 3 is 3.08 bits per heavy atom. The van der Waals surface area contributed by atoms with Gasteiger partial charge in [0.15, 0.2) is 0 Å². The van der Waals surface area contributed by atoms with Crippen molar-refractivity contribution in [3.63, 3.8) is 0 Å². The summed E-state index contributed by atoms with van der Waals surface area (Å²) in [6.07, 6.45) is 0.999. The van der Waals surface area contributed by atoms with Crippen LogP contribution in [0.1, 0.15) is 24.3 Å². The molecule has 0 aromatic carbocycles. The third kappa shape index (κ3) is 1.16. The van der Waals surface area contributed by atoms with Crippen LogP contribution in [0.5, 0.6) is 0 Å². The molecule has 0 saturated carbocycles. The highest BCUT2D eigenvalue weighted by Crippen LogP contribution is 2.36. The van der Waals surface area contributed by atoms with Crippen LogP contribution in [0.25, 0.3) is 5.76 Å². The predicted molar refractivity (Wildman–Crippen MR) is 52.2 cm³/mol. The van der Waals surface area contributed by atoms with Crippen molar-refractivity contribution >= 4 is 17.1 Å². The molecule has 12 heavy (non-hydrogen) atoms. The molecule has 0 unspecified atom stereocenters. The van der Waals surface area contributed by atoms with Crippen LogP contribution in [0, 0.1) is 0 Å². The zero-order valence-electron chi connectivity index (χ0n) is 7.39. The van der Waals surface area contributed by atoms with Crippen LogP contribution in [0.4, 0.5) is 0 Å². The quantitative estimate of drug-likeness (QED) is 0.596. The van der Waals surface area contributed by atoms with Gasteiger partial charge in [0.25, 0.3) is 0 Å². The fraction of sp³-hybridized carbons (Fsp3) is 0.400. The van der Waals surface area contributed by atoms with Crippen LogP contribution >= 0.6 is 11.3 Å². The first-order valence-corrected chi connectivity index (χ1v) is 4.91. The SMILES string of the molecule is C=C1OC(C)(C)Cc2sccc21. The summed E-state index contributed by atoms with van der Waals surface area (Å²) in [5, 5.41) is 2.10. The van der Waals surface area contributed by atoms with Crippen molar-refractivity contribution in [1.29, 1.82) is 0 Å². The zero-order valence-corrected chi connectivity index (χ0v) is 8.20. The van der Waals surface area contributed by atoms with Gasteiger partial charge in [-0.2, -0.15) is 0 Å². The van der Waals surface area contributed by atoms with Gasteiger partial charge in [0.1, 0.15) is 11.4 Å². The number of hydrogen-bond donors (Lipinski definition) is 0. The molecular formula is C10H12OS. The van der Waals surface area contributed by atoms with E-state index in [4.69, 9.17) is 4.74 Å². The largest absolute Gasteiger partial charge is 0.487 e. The van der Waals surface area contributed by atoms with E-state index in [-0.39, 0.29) is 5.60 Å². The molecule has 0 fully saturated rings. The maximum absolute atomic E-state index is 5.67. The third-order valence-corrected chi connectivity index (χ3v) is 2.95. The summed E-state index contributed by atoms with van der Waals surface area (Å²) >= 11 is 1.79. The van der Waals surface area contributed by atoms with E-state index >= 15 is 0 Å². The van der Waals surface area contributed by atoms with Crippen molar-refractivity contribution in [2.24, 2.45) is 0 Å². The summed E-state index contributed by atoms with van der Waals surface area (Å²) in [5.41, 5.74) is 1.12. The minimum atomic E-state index is -0.0745. The molecule has 1 aromatic rings. The van der Waals surface area contributed by atoms with E-state index in [1.54, 1.807) is 11.3 Å². The van der Waals surface area contributed by atoms with E-state index in [2.05, 4.69) is 31.9 Å². The maximum atomic E-state index is 5.67. The summed E-state index contributed by atoms with van der Waals surface area (Å²) in [6.45, 7) is 8.10. The number of hydrogen-bond acceptors (Lipinski definition) is 2. The molecule has 0 amide bonds. The van der Waals surface area contributed by atoms with E-state index in [1.807, 2.05) is 0 Å². The van der Waals surface area contributed by atoms with Gasteiger partial charge in [0.05, 0.1) is 0 Å². The zero-order chi connectivity index (χ0) is 8.77. The molecule has 0 spiro atoms. The average molecular weight is 180 g/mol. The summed E-state index contributed by atoms with van der Waals surface area (Å²) in [5.74, 6) is 0.822. The van der Waals surface area contributed by atoms with Crippen molar-refractivity contribution in [3.8, 4) is 0 Å². The Balaban J connectivity index is 2.45. The highest BCUT2D eigenvalue weighted by atomic mass is 32.1. The molecule has 1 aliphatic rings. The summed E-state index contributed by atoms with van der Waals surface area (Å²) in [7, 11) is 0. The normalized spacial score (nSPS) is 20.0. The van der Waals surface area contributed by atoms with Crippen molar-refractivity contribution in [3.05, 3.63) is 28.5 Å². The van der Waals surface area contributed by atoms with Crippen LogP contribution in [-0.4, -0.2) is 5.60 Å². The fourth-order valence-corrected chi connectivity index (χ4v) is 2.65. The molecule has 1 nitrogen and oxygen atoms in total. The average Bonchev–Trinajstić information content (AvgIpc) is 2.31. The van der Waals surface area contributed by atoms with Crippen molar-refractivity contribution in [1.82, 2.24) is 0 Å². The Labute approximate surface area is 76.7 Å². The Bertz CT molecular complexity index is 322. The lowest BCUT2D eigenvalue weighted by molar-refractivity contribution is 0.0712. The number of thiophene rings is 1. The molecule has 0 radical (unpaired) electrons. The van der Waals surface area contributed by atoms with Crippen LogP contribution in [0.3, 0.4) is 0 Å².